The summed E-state index contributed by atoms with van der Waals surface area (Å²) in [4.78, 5) is 49.4. The van der Waals surface area contributed by atoms with Crippen LogP contribution in [0.3, 0.4) is 0 Å². The maximum atomic E-state index is 13.6. The van der Waals surface area contributed by atoms with Crippen LogP contribution in [0.2, 0.25) is 0 Å². The van der Waals surface area contributed by atoms with Crippen LogP contribution in [0, 0.1) is 11.8 Å². The molecule has 0 bridgehead atoms. The van der Waals surface area contributed by atoms with Gasteiger partial charge in [-0.1, -0.05) is 13.0 Å². The zero-order valence-electron chi connectivity index (χ0n) is 17.3. The summed E-state index contributed by atoms with van der Waals surface area (Å²) in [5.41, 5.74) is 1.94. The molecule has 33 heavy (non-hydrogen) atoms. The zero-order chi connectivity index (χ0) is 24.0. The summed E-state index contributed by atoms with van der Waals surface area (Å²) < 4.78 is 5.50. The first kappa shape index (κ1) is 21.2. The summed E-state index contributed by atoms with van der Waals surface area (Å²) >= 11 is 0. The van der Waals surface area contributed by atoms with E-state index in [0.29, 0.717) is 5.56 Å². The van der Waals surface area contributed by atoms with Crippen molar-refractivity contribution in [2.75, 3.05) is 11.9 Å². The molecule has 0 radical (unpaired) electrons. The van der Waals surface area contributed by atoms with Gasteiger partial charge in [0, 0.05) is 23.8 Å². The number of Topliss-reactive ketones (excluding diaryl/α,β-unsaturated/α-hetero) is 2. The van der Waals surface area contributed by atoms with Crippen LogP contribution in [-0.2, 0) is 19.2 Å². The predicted molar refractivity (Wildman–Crippen MR) is 110 cm³/mol. The molecule has 0 aromatic heterocycles. The molecule has 1 aliphatic heterocycles. The van der Waals surface area contributed by atoms with Crippen molar-refractivity contribution in [3.8, 4) is 5.75 Å². The number of aliphatic hydroxyl groups excluding tert-OH is 3. The highest BCUT2D eigenvalue weighted by atomic mass is 16.5. The molecule has 1 aromatic rings. The van der Waals surface area contributed by atoms with Crippen LogP contribution in [0.1, 0.15) is 30.4 Å². The van der Waals surface area contributed by atoms with Gasteiger partial charge in [-0.05, 0) is 17.5 Å². The van der Waals surface area contributed by atoms with Gasteiger partial charge in [0.15, 0.2) is 23.7 Å². The molecule has 11 heteroatoms. The lowest BCUT2D eigenvalue weighted by atomic mass is 9.55. The highest BCUT2D eigenvalue weighted by Gasteiger charge is 2.65. The second-order valence-electron chi connectivity index (χ2n) is 8.73. The number of nitrogens with one attached hydrogen (secondary N) is 1. The monoisotopic (exact) mass is 456 g/mol. The quantitative estimate of drug-likeness (QED) is 0.304. The van der Waals surface area contributed by atoms with Crippen molar-refractivity contribution < 1.29 is 44.3 Å². The summed E-state index contributed by atoms with van der Waals surface area (Å²) in [7, 11) is 0. The number of aliphatic hydroxyl groups is 4. The highest BCUT2D eigenvalue weighted by Crippen LogP contribution is 2.56. The molecule has 7 N–H and O–H groups in total. The number of rotatable bonds is 1. The van der Waals surface area contributed by atoms with E-state index in [1.165, 1.54) is 0 Å². The normalized spacial score (nSPS) is 32.9. The number of carbonyl (C=O) groups excluding carboxylic acids is 4. The molecule has 5 atom stereocenters. The molecule has 0 saturated heterocycles. The number of ether oxygens (including phenoxy) is 1. The smallest absolute Gasteiger partial charge is 0.262 e. The number of hydrogen-bond donors (Lipinski definition) is 6. The third-order valence-corrected chi connectivity index (χ3v) is 7.10. The molecule has 3 aliphatic carbocycles. The number of amides is 2. The van der Waals surface area contributed by atoms with Crippen LogP contribution >= 0.6 is 0 Å². The second kappa shape index (κ2) is 6.65. The van der Waals surface area contributed by atoms with Gasteiger partial charge in [-0.3, -0.25) is 19.2 Å². The summed E-state index contributed by atoms with van der Waals surface area (Å²) in [6.07, 6.45) is -2.14. The van der Waals surface area contributed by atoms with Gasteiger partial charge in [-0.15, -0.1) is 0 Å². The lowest BCUT2D eigenvalue weighted by Crippen LogP contribution is -2.63. The average Bonchev–Trinajstić information content (AvgIpc) is 2.75. The minimum absolute atomic E-state index is 0.110. The van der Waals surface area contributed by atoms with Crippen molar-refractivity contribution in [3.05, 3.63) is 40.2 Å². The van der Waals surface area contributed by atoms with Gasteiger partial charge in [0.2, 0.25) is 5.78 Å². The van der Waals surface area contributed by atoms with Crippen molar-refractivity contribution >= 4 is 34.8 Å². The summed E-state index contributed by atoms with van der Waals surface area (Å²) in [6.45, 7) is 1.37. The van der Waals surface area contributed by atoms with E-state index in [-0.39, 0.29) is 29.2 Å². The third kappa shape index (κ3) is 2.51. The molecule has 1 saturated carbocycles. The van der Waals surface area contributed by atoms with Gasteiger partial charge in [-0.2, -0.15) is 0 Å². The zero-order valence-corrected chi connectivity index (χ0v) is 17.3. The fourth-order valence-electron chi connectivity index (χ4n) is 5.56. The Bertz CT molecular complexity index is 1250. The average molecular weight is 456 g/mol. The fourth-order valence-corrected chi connectivity index (χ4v) is 5.56. The molecule has 2 unspecified atom stereocenters. The van der Waals surface area contributed by atoms with Gasteiger partial charge < -0.3 is 36.2 Å². The standard InChI is InChI=1S/C22H20N2O9/c1-6-7-2-3-9-18(33-5-11(26)24-9)13(7)17(28)15-12(6)16(27)8-4-10(25)14(21(23)31)19(29)22(8,32)20(15)30/h2-3,6,8,12,16,27-29,32H,4-5H2,1H3,(H2,23,31)(H,24,26)/t6-,8?,12?,16+,22+/m0/s1. The second-order valence-corrected chi connectivity index (χ2v) is 8.73. The van der Waals surface area contributed by atoms with E-state index < -0.39 is 76.4 Å². The fraction of sp³-hybridized carbons (Fsp3) is 0.364. The number of hydrogen-bond acceptors (Lipinski definition) is 9. The molecule has 5 rings (SSSR count). The van der Waals surface area contributed by atoms with E-state index in [9.17, 15) is 39.6 Å². The Labute approximate surface area is 186 Å². The molecule has 11 nitrogen and oxygen atoms in total. The molecule has 2 amide bonds. The van der Waals surface area contributed by atoms with E-state index in [1.807, 2.05) is 0 Å². The summed E-state index contributed by atoms with van der Waals surface area (Å²) in [5, 5.41) is 46.9. The predicted octanol–water partition coefficient (Wildman–Crippen LogP) is -0.419. The Morgan fingerprint density at radius 3 is 2.61 bits per heavy atom. The third-order valence-electron chi connectivity index (χ3n) is 7.10. The van der Waals surface area contributed by atoms with E-state index in [2.05, 4.69) is 5.32 Å². The number of anilines is 1. The van der Waals surface area contributed by atoms with Crippen molar-refractivity contribution in [3.63, 3.8) is 0 Å². The Hall–Kier alpha value is -3.70. The minimum Gasteiger partial charge on any atom is -0.508 e. The lowest BCUT2D eigenvalue weighted by Gasteiger charge is -2.50. The number of fused-ring (bicyclic) bond motifs is 5. The van der Waals surface area contributed by atoms with E-state index in [4.69, 9.17) is 10.5 Å². The van der Waals surface area contributed by atoms with Crippen molar-refractivity contribution in [2.24, 2.45) is 17.6 Å². The Morgan fingerprint density at radius 2 is 1.94 bits per heavy atom. The Kier molecular flexibility index (Phi) is 4.27. The van der Waals surface area contributed by atoms with Gasteiger partial charge in [0.1, 0.15) is 17.1 Å². The highest BCUT2D eigenvalue weighted by molar-refractivity contribution is 6.23. The van der Waals surface area contributed by atoms with E-state index in [0.717, 1.165) is 0 Å². The van der Waals surface area contributed by atoms with Gasteiger partial charge >= 0.3 is 0 Å². The van der Waals surface area contributed by atoms with Crippen LogP contribution in [0.15, 0.2) is 29.0 Å². The van der Waals surface area contributed by atoms with Crippen LogP contribution in [0.4, 0.5) is 5.69 Å². The first-order valence-electron chi connectivity index (χ1n) is 10.2. The minimum atomic E-state index is -2.83. The molecule has 172 valence electrons. The van der Waals surface area contributed by atoms with Crippen LogP contribution in [0.5, 0.6) is 5.75 Å². The van der Waals surface area contributed by atoms with Crippen molar-refractivity contribution in [1.29, 1.82) is 0 Å². The number of benzene rings is 1. The van der Waals surface area contributed by atoms with Crippen LogP contribution in [0.25, 0.3) is 5.76 Å². The van der Waals surface area contributed by atoms with Crippen molar-refractivity contribution in [1.82, 2.24) is 0 Å². The maximum Gasteiger partial charge on any atom is 0.262 e. The molecule has 1 heterocycles. The molecule has 0 spiro atoms. The van der Waals surface area contributed by atoms with Gasteiger partial charge in [-0.25, -0.2) is 0 Å². The number of carbonyl (C=O) groups is 4. The van der Waals surface area contributed by atoms with Crippen LogP contribution in [-0.4, -0.2) is 62.1 Å². The van der Waals surface area contributed by atoms with E-state index >= 15 is 0 Å². The molecular formula is C22H20N2O9. The van der Waals surface area contributed by atoms with Crippen molar-refractivity contribution in [2.45, 2.75) is 31.0 Å². The van der Waals surface area contributed by atoms with E-state index in [1.54, 1.807) is 19.1 Å². The number of nitrogens with two attached hydrogens (primary N) is 1. The van der Waals surface area contributed by atoms with Gasteiger partial charge in [0.25, 0.3) is 11.8 Å². The lowest BCUT2D eigenvalue weighted by molar-refractivity contribution is -0.160. The van der Waals surface area contributed by atoms with Gasteiger partial charge in [0.05, 0.1) is 17.4 Å². The molecule has 1 aromatic carbocycles. The summed E-state index contributed by atoms with van der Waals surface area (Å²) in [6, 6.07) is 3.19. The number of primary amides is 1. The Morgan fingerprint density at radius 1 is 1.24 bits per heavy atom. The maximum absolute atomic E-state index is 13.6. The molecule has 4 aliphatic rings. The van der Waals surface area contributed by atoms with Crippen LogP contribution < -0.4 is 15.8 Å². The molecular weight excluding hydrogens is 436 g/mol. The first-order valence-corrected chi connectivity index (χ1v) is 10.2. The topological polar surface area (TPSA) is 196 Å². The molecule has 1 fully saturated rings. The largest absolute Gasteiger partial charge is 0.508 e. The SMILES string of the molecule is C[C@H]1c2ccc3c(c2C(O)=C2C(=O)[C@]4(O)C(O)=C(C(N)=O)C(=O)CC4[C@@H](O)C21)OCC(=O)N3. The Balaban J connectivity index is 1.77. The summed E-state index contributed by atoms with van der Waals surface area (Å²) in [5.74, 6) is -8.57. The first-order chi connectivity index (χ1) is 15.5. The number of ketones is 2.